The summed E-state index contributed by atoms with van der Waals surface area (Å²) in [6.07, 6.45) is 4.53. The van der Waals surface area contributed by atoms with Crippen LogP contribution in [0.25, 0.3) is 11.4 Å². The molecule has 3 heterocycles. The molecule has 26 heavy (non-hydrogen) atoms. The zero-order valence-electron chi connectivity index (χ0n) is 14.1. The zero-order valence-corrected chi connectivity index (χ0v) is 14.1. The summed E-state index contributed by atoms with van der Waals surface area (Å²) in [5.41, 5.74) is 1.86. The van der Waals surface area contributed by atoms with Crippen molar-refractivity contribution in [1.29, 1.82) is 0 Å². The van der Waals surface area contributed by atoms with E-state index in [1.165, 1.54) is 0 Å². The molecule has 0 spiro atoms. The molecular weight excluding hydrogens is 332 g/mol. The molecule has 7 heteroatoms. The number of pyridine rings is 1. The number of para-hydroxylation sites is 1. The van der Waals surface area contributed by atoms with Crippen LogP contribution in [0.15, 0.2) is 53.3 Å². The van der Waals surface area contributed by atoms with Crippen molar-refractivity contribution >= 4 is 5.91 Å². The summed E-state index contributed by atoms with van der Waals surface area (Å²) in [7, 11) is 0. The number of carbonyl (C=O) groups is 1. The third kappa shape index (κ3) is 3.56. The predicted octanol–water partition coefficient (Wildman–Crippen LogP) is 2.04. The number of hydrogen-bond acceptors (Lipinski definition) is 6. The number of benzene rings is 1. The van der Waals surface area contributed by atoms with Crippen molar-refractivity contribution in [3.63, 3.8) is 0 Å². The molecule has 0 aliphatic carbocycles. The number of nitrogens with one attached hydrogen (secondary N) is 1. The van der Waals surface area contributed by atoms with Crippen LogP contribution in [0.3, 0.4) is 0 Å². The third-order valence-corrected chi connectivity index (χ3v) is 4.28. The largest absolute Gasteiger partial charge is 0.492 e. The van der Waals surface area contributed by atoms with Gasteiger partial charge >= 0.3 is 0 Å². The van der Waals surface area contributed by atoms with Gasteiger partial charge in [0.2, 0.25) is 17.6 Å². The Morgan fingerprint density at radius 2 is 2.15 bits per heavy atom. The number of hydrogen-bond donors (Lipinski definition) is 1. The minimum Gasteiger partial charge on any atom is -0.492 e. The molecule has 3 aromatic rings. The first-order valence-electron chi connectivity index (χ1n) is 8.51. The number of amides is 1. The first kappa shape index (κ1) is 16.3. The van der Waals surface area contributed by atoms with E-state index in [1.807, 2.05) is 36.4 Å². The highest BCUT2D eigenvalue weighted by molar-refractivity contribution is 5.79. The molecule has 0 bridgehead atoms. The molecule has 4 rings (SSSR count). The molecule has 0 saturated heterocycles. The lowest BCUT2D eigenvalue weighted by Gasteiger charge is -2.24. The lowest BCUT2D eigenvalue weighted by Crippen LogP contribution is -2.38. The van der Waals surface area contributed by atoms with Crippen LogP contribution in [-0.4, -0.2) is 34.2 Å². The van der Waals surface area contributed by atoms with E-state index in [4.69, 9.17) is 9.26 Å². The second-order valence-corrected chi connectivity index (χ2v) is 6.11. The van der Waals surface area contributed by atoms with Crippen molar-refractivity contribution in [3.8, 4) is 17.1 Å². The van der Waals surface area contributed by atoms with Crippen molar-refractivity contribution in [2.24, 2.45) is 5.92 Å². The standard InChI is InChI=1S/C19H18N4O3/c24-19(15-10-13-4-1-2-6-16(13)25-12-15)21-9-7-17-22-18(23-26-17)14-5-3-8-20-11-14/h1-6,8,11,15H,7,9-10,12H2,(H,21,24)/t15-/m0/s1. The summed E-state index contributed by atoms with van der Waals surface area (Å²) in [4.78, 5) is 20.7. The van der Waals surface area contributed by atoms with Gasteiger partial charge in [0.05, 0.1) is 5.92 Å². The first-order chi connectivity index (χ1) is 12.8. The molecule has 132 valence electrons. The summed E-state index contributed by atoms with van der Waals surface area (Å²) < 4.78 is 10.9. The van der Waals surface area contributed by atoms with Gasteiger partial charge in [-0.05, 0) is 30.2 Å². The quantitative estimate of drug-likeness (QED) is 0.757. The Morgan fingerprint density at radius 3 is 3.04 bits per heavy atom. The lowest BCUT2D eigenvalue weighted by molar-refractivity contribution is -0.126. The van der Waals surface area contributed by atoms with E-state index in [0.29, 0.717) is 37.7 Å². The minimum atomic E-state index is -0.182. The molecule has 0 saturated carbocycles. The molecule has 1 aliphatic rings. The smallest absolute Gasteiger partial charge is 0.228 e. The van der Waals surface area contributed by atoms with E-state index in [-0.39, 0.29) is 11.8 Å². The number of nitrogens with zero attached hydrogens (tertiary/aromatic N) is 3. The molecule has 1 amide bonds. The van der Waals surface area contributed by atoms with Crippen LogP contribution in [0.1, 0.15) is 11.5 Å². The van der Waals surface area contributed by atoms with Gasteiger partial charge in [-0.15, -0.1) is 0 Å². The average Bonchev–Trinajstić information content (AvgIpc) is 3.17. The Bertz CT molecular complexity index is 895. The topological polar surface area (TPSA) is 90.1 Å². The number of fused-ring (bicyclic) bond motifs is 1. The van der Waals surface area contributed by atoms with Gasteiger partial charge in [-0.1, -0.05) is 23.4 Å². The monoisotopic (exact) mass is 350 g/mol. The van der Waals surface area contributed by atoms with Gasteiger partial charge < -0.3 is 14.6 Å². The van der Waals surface area contributed by atoms with Gasteiger partial charge in [-0.2, -0.15) is 4.98 Å². The molecule has 1 aliphatic heterocycles. The molecule has 7 nitrogen and oxygen atoms in total. The highest BCUT2D eigenvalue weighted by Gasteiger charge is 2.25. The van der Waals surface area contributed by atoms with Gasteiger partial charge in [0, 0.05) is 30.9 Å². The number of rotatable bonds is 5. The minimum absolute atomic E-state index is 0.0218. The Morgan fingerprint density at radius 1 is 1.23 bits per heavy atom. The normalized spacial score (nSPS) is 15.8. The third-order valence-electron chi connectivity index (χ3n) is 4.28. The Balaban J connectivity index is 1.29. The Labute approximate surface area is 150 Å². The SMILES string of the molecule is O=C(NCCc1nc(-c2cccnc2)no1)[C@@H]1COc2ccccc2C1. The zero-order chi connectivity index (χ0) is 17.8. The lowest BCUT2D eigenvalue weighted by atomic mass is 9.96. The van der Waals surface area contributed by atoms with Crippen LogP contribution in [0.4, 0.5) is 0 Å². The summed E-state index contributed by atoms with van der Waals surface area (Å²) >= 11 is 0. The van der Waals surface area contributed by atoms with Gasteiger partial charge in [-0.25, -0.2) is 0 Å². The van der Waals surface area contributed by atoms with Gasteiger partial charge in [0.25, 0.3) is 0 Å². The van der Waals surface area contributed by atoms with E-state index in [1.54, 1.807) is 12.4 Å². The van der Waals surface area contributed by atoms with Crippen LogP contribution in [0, 0.1) is 5.92 Å². The van der Waals surface area contributed by atoms with Crippen LogP contribution >= 0.6 is 0 Å². The fourth-order valence-corrected chi connectivity index (χ4v) is 2.90. The molecule has 0 fully saturated rings. The van der Waals surface area contributed by atoms with Crippen LogP contribution < -0.4 is 10.1 Å². The second kappa shape index (κ2) is 7.35. The number of carbonyl (C=O) groups excluding carboxylic acids is 1. The van der Waals surface area contributed by atoms with E-state index in [9.17, 15) is 4.79 Å². The van der Waals surface area contributed by atoms with E-state index < -0.39 is 0 Å². The van der Waals surface area contributed by atoms with Gasteiger partial charge in [0.15, 0.2) is 0 Å². The van der Waals surface area contributed by atoms with Gasteiger partial charge in [0.1, 0.15) is 12.4 Å². The van der Waals surface area contributed by atoms with Crippen LogP contribution in [0.5, 0.6) is 5.75 Å². The molecule has 2 aromatic heterocycles. The van der Waals surface area contributed by atoms with E-state index in [0.717, 1.165) is 16.9 Å². The highest BCUT2D eigenvalue weighted by atomic mass is 16.5. The summed E-state index contributed by atoms with van der Waals surface area (Å²) in [6.45, 7) is 0.834. The molecule has 0 unspecified atom stereocenters. The fourth-order valence-electron chi connectivity index (χ4n) is 2.90. The molecule has 1 aromatic carbocycles. The average molecular weight is 350 g/mol. The van der Waals surface area contributed by atoms with Crippen molar-refractivity contribution in [2.45, 2.75) is 12.8 Å². The summed E-state index contributed by atoms with van der Waals surface area (Å²) in [5, 5.41) is 6.86. The van der Waals surface area contributed by atoms with E-state index >= 15 is 0 Å². The maximum absolute atomic E-state index is 12.4. The maximum Gasteiger partial charge on any atom is 0.228 e. The van der Waals surface area contributed by atoms with Gasteiger partial charge in [-0.3, -0.25) is 9.78 Å². The van der Waals surface area contributed by atoms with Crippen LogP contribution in [0.2, 0.25) is 0 Å². The summed E-state index contributed by atoms with van der Waals surface area (Å²) in [5.74, 6) is 1.64. The molecule has 1 N–H and O–H groups in total. The van der Waals surface area contributed by atoms with Crippen LogP contribution in [-0.2, 0) is 17.6 Å². The molecular formula is C19H18N4O3. The Kier molecular flexibility index (Phi) is 4.59. The Hall–Kier alpha value is -3.22. The molecule has 1 atom stereocenters. The number of ether oxygens (including phenoxy) is 1. The fraction of sp³-hybridized carbons (Fsp3) is 0.263. The number of aromatic nitrogens is 3. The van der Waals surface area contributed by atoms with Crippen molar-refractivity contribution in [2.75, 3.05) is 13.2 Å². The van der Waals surface area contributed by atoms with E-state index in [2.05, 4.69) is 20.4 Å². The van der Waals surface area contributed by atoms with Crippen molar-refractivity contribution < 1.29 is 14.1 Å². The highest BCUT2D eigenvalue weighted by Crippen LogP contribution is 2.26. The van der Waals surface area contributed by atoms with Crippen molar-refractivity contribution in [3.05, 3.63) is 60.2 Å². The predicted molar refractivity (Wildman–Crippen MR) is 93.4 cm³/mol. The summed E-state index contributed by atoms with van der Waals surface area (Å²) in [6, 6.07) is 11.5. The molecule has 0 radical (unpaired) electrons. The maximum atomic E-state index is 12.4. The van der Waals surface area contributed by atoms with Crippen molar-refractivity contribution in [1.82, 2.24) is 20.4 Å². The second-order valence-electron chi connectivity index (χ2n) is 6.11. The first-order valence-corrected chi connectivity index (χ1v) is 8.51.